The van der Waals surface area contributed by atoms with Gasteiger partial charge in [-0.05, 0) is 56.3 Å². The number of nitrogens with one attached hydrogen (secondary N) is 1. The highest BCUT2D eigenvalue weighted by Gasteiger charge is 2.16. The fraction of sp³-hybridized carbons (Fsp3) is 0.263. The molecule has 2 aromatic carbocycles. The van der Waals surface area contributed by atoms with Crippen molar-refractivity contribution < 1.29 is 18.7 Å². The van der Waals surface area contributed by atoms with Gasteiger partial charge in [0.15, 0.2) is 0 Å². The second kappa shape index (κ2) is 8.28. The third-order valence-corrected chi connectivity index (χ3v) is 3.31. The number of benzene rings is 2. The Morgan fingerprint density at radius 2 is 1.84 bits per heavy atom. The zero-order valence-corrected chi connectivity index (χ0v) is 14.5. The predicted molar refractivity (Wildman–Crippen MR) is 95.3 cm³/mol. The van der Waals surface area contributed by atoms with E-state index in [-0.39, 0.29) is 18.6 Å². The minimum atomic E-state index is -0.443. The normalized spacial score (nSPS) is 10.4. The molecule has 5 nitrogen and oxygen atoms in total. The molecule has 0 atom stereocenters. The van der Waals surface area contributed by atoms with Gasteiger partial charge in [-0.15, -0.1) is 0 Å². The van der Waals surface area contributed by atoms with Crippen molar-refractivity contribution in [2.75, 3.05) is 16.8 Å². The van der Waals surface area contributed by atoms with E-state index in [1.165, 1.54) is 30.0 Å². The Labute approximate surface area is 146 Å². The van der Waals surface area contributed by atoms with Crippen molar-refractivity contribution in [2.24, 2.45) is 0 Å². The highest BCUT2D eigenvalue weighted by molar-refractivity contribution is 6.01. The molecule has 0 radical (unpaired) electrons. The molecule has 2 aromatic rings. The zero-order valence-electron chi connectivity index (χ0n) is 14.5. The summed E-state index contributed by atoms with van der Waals surface area (Å²) in [7, 11) is 0. The van der Waals surface area contributed by atoms with E-state index in [9.17, 15) is 14.0 Å². The predicted octanol–water partition coefficient (Wildman–Crippen LogP) is 3.60. The van der Waals surface area contributed by atoms with Crippen LogP contribution in [0, 0.1) is 5.82 Å². The Balaban J connectivity index is 2.07. The van der Waals surface area contributed by atoms with Crippen LogP contribution in [-0.4, -0.2) is 24.5 Å². The molecule has 0 fully saturated rings. The van der Waals surface area contributed by atoms with Crippen LogP contribution in [0.4, 0.5) is 15.8 Å². The van der Waals surface area contributed by atoms with Crippen LogP contribution in [0.2, 0.25) is 0 Å². The first kappa shape index (κ1) is 18.4. The number of rotatable bonds is 6. The fourth-order valence-corrected chi connectivity index (χ4v) is 2.27. The number of ether oxygens (including phenoxy) is 1. The van der Waals surface area contributed by atoms with E-state index in [2.05, 4.69) is 5.32 Å². The molecule has 25 heavy (non-hydrogen) atoms. The van der Waals surface area contributed by atoms with E-state index < -0.39 is 11.7 Å². The van der Waals surface area contributed by atoms with Crippen molar-refractivity contribution in [3.05, 3.63) is 54.3 Å². The number of carbonyl (C=O) groups is 2. The lowest BCUT2D eigenvalue weighted by molar-refractivity contribution is -0.120. The third-order valence-electron chi connectivity index (χ3n) is 3.31. The van der Waals surface area contributed by atoms with Crippen LogP contribution >= 0.6 is 0 Å². The SMILES string of the molecule is CC(=O)N(CC(=O)Nc1cccc(F)c1)c1ccc(OC(C)C)cc1. The molecule has 0 unspecified atom stereocenters. The molecule has 0 saturated carbocycles. The van der Waals surface area contributed by atoms with Gasteiger partial charge in [-0.25, -0.2) is 4.39 Å². The maximum absolute atomic E-state index is 13.2. The lowest BCUT2D eigenvalue weighted by atomic mass is 10.2. The zero-order chi connectivity index (χ0) is 18.4. The molecule has 0 aliphatic carbocycles. The molecular weight excluding hydrogens is 323 g/mol. The number of hydrogen-bond acceptors (Lipinski definition) is 3. The van der Waals surface area contributed by atoms with Crippen molar-refractivity contribution >= 4 is 23.2 Å². The van der Waals surface area contributed by atoms with Crippen LogP contribution in [0.5, 0.6) is 5.75 Å². The van der Waals surface area contributed by atoms with Crippen molar-refractivity contribution in [3.63, 3.8) is 0 Å². The average Bonchev–Trinajstić information content (AvgIpc) is 2.53. The van der Waals surface area contributed by atoms with Crippen molar-refractivity contribution in [1.82, 2.24) is 0 Å². The summed E-state index contributed by atoms with van der Waals surface area (Å²) in [6.07, 6.45) is 0.0480. The van der Waals surface area contributed by atoms with Gasteiger partial charge >= 0.3 is 0 Å². The van der Waals surface area contributed by atoms with Gasteiger partial charge in [0.2, 0.25) is 11.8 Å². The number of nitrogens with zero attached hydrogens (tertiary/aromatic N) is 1. The summed E-state index contributed by atoms with van der Waals surface area (Å²) in [5, 5.41) is 2.58. The van der Waals surface area contributed by atoms with Gasteiger partial charge in [-0.2, -0.15) is 0 Å². The minimum Gasteiger partial charge on any atom is -0.491 e. The standard InChI is InChI=1S/C19H21FN2O3/c1-13(2)25-18-9-7-17(8-10-18)22(14(3)23)12-19(24)21-16-6-4-5-15(20)11-16/h4-11,13H,12H2,1-3H3,(H,21,24). The molecule has 0 heterocycles. The van der Waals surface area contributed by atoms with Crippen molar-refractivity contribution in [1.29, 1.82) is 0 Å². The topological polar surface area (TPSA) is 58.6 Å². The van der Waals surface area contributed by atoms with E-state index in [4.69, 9.17) is 4.74 Å². The Bertz CT molecular complexity index is 745. The maximum Gasteiger partial charge on any atom is 0.244 e. The molecule has 0 bridgehead atoms. The first-order valence-corrected chi connectivity index (χ1v) is 7.95. The van der Waals surface area contributed by atoms with Gasteiger partial charge in [-0.3, -0.25) is 9.59 Å². The average molecular weight is 344 g/mol. The number of carbonyl (C=O) groups excluding carboxylic acids is 2. The summed E-state index contributed by atoms with van der Waals surface area (Å²) in [6, 6.07) is 12.5. The van der Waals surface area contributed by atoms with Crippen LogP contribution in [0.25, 0.3) is 0 Å². The molecular formula is C19H21FN2O3. The summed E-state index contributed by atoms with van der Waals surface area (Å²) in [6.45, 7) is 5.06. The summed E-state index contributed by atoms with van der Waals surface area (Å²) in [4.78, 5) is 25.4. The second-order valence-electron chi connectivity index (χ2n) is 5.82. The fourth-order valence-electron chi connectivity index (χ4n) is 2.27. The van der Waals surface area contributed by atoms with Gasteiger partial charge in [0, 0.05) is 18.3 Å². The smallest absolute Gasteiger partial charge is 0.244 e. The first-order valence-electron chi connectivity index (χ1n) is 7.95. The van der Waals surface area contributed by atoms with Crippen LogP contribution in [-0.2, 0) is 9.59 Å². The van der Waals surface area contributed by atoms with E-state index in [0.29, 0.717) is 17.1 Å². The van der Waals surface area contributed by atoms with E-state index >= 15 is 0 Å². The van der Waals surface area contributed by atoms with E-state index in [1.807, 2.05) is 13.8 Å². The number of halogens is 1. The van der Waals surface area contributed by atoms with Crippen LogP contribution in [0.15, 0.2) is 48.5 Å². The van der Waals surface area contributed by atoms with Gasteiger partial charge in [0.1, 0.15) is 18.1 Å². The van der Waals surface area contributed by atoms with Gasteiger partial charge in [0.05, 0.1) is 6.10 Å². The van der Waals surface area contributed by atoms with Crippen LogP contribution in [0.1, 0.15) is 20.8 Å². The molecule has 6 heteroatoms. The maximum atomic E-state index is 13.2. The molecule has 0 aliphatic rings. The second-order valence-corrected chi connectivity index (χ2v) is 5.82. The molecule has 0 saturated heterocycles. The molecule has 1 N–H and O–H groups in total. The highest BCUT2D eigenvalue weighted by atomic mass is 19.1. The van der Waals surface area contributed by atoms with Crippen LogP contribution in [0.3, 0.4) is 0 Å². The molecule has 2 amide bonds. The summed E-state index contributed by atoms with van der Waals surface area (Å²) in [5.74, 6) is -0.441. The minimum absolute atomic E-state index is 0.0480. The lowest BCUT2D eigenvalue weighted by Gasteiger charge is -2.21. The number of anilines is 2. The molecule has 132 valence electrons. The summed E-state index contributed by atoms with van der Waals surface area (Å²) in [5.41, 5.74) is 0.923. The molecule has 0 aromatic heterocycles. The Hall–Kier alpha value is -2.89. The number of amides is 2. The van der Waals surface area contributed by atoms with E-state index in [0.717, 1.165) is 0 Å². The highest BCUT2D eigenvalue weighted by Crippen LogP contribution is 2.20. The van der Waals surface area contributed by atoms with Gasteiger partial charge in [0.25, 0.3) is 0 Å². The summed E-state index contributed by atoms with van der Waals surface area (Å²) < 4.78 is 18.7. The largest absolute Gasteiger partial charge is 0.491 e. The monoisotopic (exact) mass is 344 g/mol. The van der Waals surface area contributed by atoms with Gasteiger partial charge < -0.3 is 15.0 Å². The van der Waals surface area contributed by atoms with Crippen LogP contribution < -0.4 is 15.0 Å². The lowest BCUT2D eigenvalue weighted by Crippen LogP contribution is -2.36. The first-order chi connectivity index (χ1) is 11.8. The van der Waals surface area contributed by atoms with Gasteiger partial charge in [-0.1, -0.05) is 6.07 Å². The molecule has 2 rings (SSSR count). The summed E-state index contributed by atoms with van der Waals surface area (Å²) >= 11 is 0. The Morgan fingerprint density at radius 3 is 2.40 bits per heavy atom. The third kappa shape index (κ3) is 5.60. The molecule has 0 aliphatic heterocycles. The van der Waals surface area contributed by atoms with E-state index in [1.54, 1.807) is 30.3 Å². The quantitative estimate of drug-likeness (QED) is 0.871. The Kier molecular flexibility index (Phi) is 6.11. The van der Waals surface area contributed by atoms with Crippen molar-refractivity contribution in [3.8, 4) is 5.75 Å². The Morgan fingerprint density at radius 1 is 1.16 bits per heavy atom. The van der Waals surface area contributed by atoms with Crippen molar-refractivity contribution in [2.45, 2.75) is 26.9 Å². The molecule has 0 spiro atoms. The number of hydrogen-bond donors (Lipinski definition) is 1.